The van der Waals surface area contributed by atoms with Gasteiger partial charge in [-0.1, -0.05) is 0 Å². The molecule has 0 unspecified atom stereocenters. The van der Waals surface area contributed by atoms with Crippen molar-refractivity contribution >= 4 is 27.5 Å². The van der Waals surface area contributed by atoms with Crippen LogP contribution in [0.1, 0.15) is 49.4 Å². The molecule has 0 aliphatic carbocycles. The number of sulfonamides is 1. The molecule has 0 aromatic heterocycles. The van der Waals surface area contributed by atoms with Gasteiger partial charge in [-0.3, -0.25) is 9.59 Å². The highest BCUT2D eigenvalue weighted by molar-refractivity contribution is 7.89. The van der Waals surface area contributed by atoms with E-state index in [-0.39, 0.29) is 22.8 Å². The second-order valence-electron chi connectivity index (χ2n) is 8.27. The molecule has 2 amide bonds. The molecule has 0 saturated carbocycles. The van der Waals surface area contributed by atoms with Gasteiger partial charge >= 0.3 is 0 Å². The molecule has 0 bridgehead atoms. The monoisotopic (exact) mass is 436 g/mol. The molecule has 1 aromatic carbocycles. The summed E-state index contributed by atoms with van der Waals surface area (Å²) < 4.78 is 26.4. The fourth-order valence-corrected chi connectivity index (χ4v) is 5.01. The number of amides is 2. The van der Waals surface area contributed by atoms with Crippen molar-refractivity contribution in [3.63, 3.8) is 0 Å². The maximum absolute atomic E-state index is 13.2. The van der Waals surface area contributed by atoms with Gasteiger partial charge in [0.2, 0.25) is 15.9 Å². The van der Waals surface area contributed by atoms with Crippen LogP contribution in [0.5, 0.6) is 0 Å². The first kappa shape index (κ1) is 22.6. The number of carbonyl (C=O) groups excluding carboxylic acids is 2. The van der Waals surface area contributed by atoms with Gasteiger partial charge in [0.05, 0.1) is 10.5 Å². The highest BCUT2D eigenvalue weighted by Gasteiger charge is 2.27. The SMILES string of the molecule is CC(=O)N1CCC(NC(=O)c2cc(S(=O)(=O)N(C)C)ccc2N2CCCCC2)CC1. The average Bonchev–Trinajstić information content (AvgIpc) is 2.74. The van der Waals surface area contributed by atoms with Crippen LogP contribution >= 0.6 is 0 Å². The van der Waals surface area contributed by atoms with Crippen LogP contribution in [0, 0.1) is 0 Å². The number of benzene rings is 1. The number of rotatable bonds is 5. The first-order chi connectivity index (χ1) is 14.2. The summed E-state index contributed by atoms with van der Waals surface area (Å²) >= 11 is 0. The molecule has 1 N–H and O–H groups in total. The third-order valence-corrected chi connectivity index (χ3v) is 7.77. The molecule has 0 atom stereocenters. The van der Waals surface area contributed by atoms with Crippen LogP contribution in [0.2, 0.25) is 0 Å². The van der Waals surface area contributed by atoms with Crippen LogP contribution in [-0.4, -0.2) is 75.8 Å². The van der Waals surface area contributed by atoms with Gasteiger partial charge in [-0.25, -0.2) is 12.7 Å². The normalized spacial score (nSPS) is 18.5. The van der Waals surface area contributed by atoms with Crippen molar-refractivity contribution in [2.45, 2.75) is 50.0 Å². The predicted molar refractivity (Wildman–Crippen MR) is 116 cm³/mol. The van der Waals surface area contributed by atoms with E-state index in [0.717, 1.165) is 35.9 Å². The van der Waals surface area contributed by atoms with Crippen LogP contribution < -0.4 is 10.2 Å². The minimum absolute atomic E-state index is 0.0311. The van der Waals surface area contributed by atoms with E-state index in [1.807, 2.05) is 0 Å². The predicted octanol–water partition coefficient (Wildman–Crippen LogP) is 1.67. The Bertz CT molecular complexity index is 886. The Balaban J connectivity index is 1.86. The molecular weight excluding hydrogens is 404 g/mol. The quantitative estimate of drug-likeness (QED) is 0.758. The molecule has 9 heteroatoms. The van der Waals surface area contributed by atoms with Crippen molar-refractivity contribution in [2.75, 3.05) is 45.2 Å². The number of likely N-dealkylation sites (tertiary alicyclic amines) is 1. The molecule has 2 saturated heterocycles. The number of nitrogens with zero attached hydrogens (tertiary/aromatic N) is 3. The van der Waals surface area contributed by atoms with Crippen molar-refractivity contribution in [3.8, 4) is 0 Å². The van der Waals surface area contributed by atoms with Gasteiger partial charge in [0.1, 0.15) is 0 Å². The van der Waals surface area contributed by atoms with Crippen molar-refractivity contribution in [1.82, 2.24) is 14.5 Å². The smallest absolute Gasteiger partial charge is 0.253 e. The van der Waals surface area contributed by atoms with E-state index < -0.39 is 10.0 Å². The number of carbonyl (C=O) groups is 2. The van der Waals surface area contributed by atoms with E-state index in [0.29, 0.717) is 31.5 Å². The number of nitrogens with one attached hydrogen (secondary N) is 1. The summed E-state index contributed by atoms with van der Waals surface area (Å²) in [5.74, 6) is -0.207. The van der Waals surface area contributed by atoms with Gasteiger partial charge in [0.15, 0.2) is 0 Å². The lowest BCUT2D eigenvalue weighted by Gasteiger charge is -2.33. The second-order valence-corrected chi connectivity index (χ2v) is 10.4. The summed E-state index contributed by atoms with van der Waals surface area (Å²) in [7, 11) is -0.674. The lowest BCUT2D eigenvalue weighted by atomic mass is 10.0. The third kappa shape index (κ3) is 4.95. The fraction of sp³-hybridized carbons (Fsp3) is 0.619. The Labute approximate surface area is 179 Å². The Morgan fingerprint density at radius 1 is 1.03 bits per heavy atom. The minimum Gasteiger partial charge on any atom is -0.371 e. The first-order valence-corrected chi connectivity index (χ1v) is 12.0. The number of anilines is 1. The molecule has 1 aromatic rings. The molecule has 2 aliphatic heterocycles. The third-order valence-electron chi connectivity index (χ3n) is 5.96. The van der Waals surface area contributed by atoms with Gasteiger partial charge in [-0.15, -0.1) is 0 Å². The zero-order valence-corrected chi connectivity index (χ0v) is 18.9. The van der Waals surface area contributed by atoms with Crippen LogP contribution in [0.15, 0.2) is 23.1 Å². The van der Waals surface area contributed by atoms with Crippen LogP contribution in [0.4, 0.5) is 5.69 Å². The Kier molecular flexibility index (Phi) is 7.02. The molecule has 3 rings (SSSR count). The highest BCUT2D eigenvalue weighted by Crippen LogP contribution is 2.28. The lowest BCUT2D eigenvalue weighted by Crippen LogP contribution is -2.46. The van der Waals surface area contributed by atoms with Crippen molar-refractivity contribution in [2.24, 2.45) is 0 Å². The van der Waals surface area contributed by atoms with Crippen LogP contribution in [0.25, 0.3) is 0 Å². The molecule has 166 valence electrons. The maximum atomic E-state index is 13.2. The van der Waals surface area contributed by atoms with Gasteiger partial charge in [-0.05, 0) is 50.3 Å². The topological polar surface area (TPSA) is 90.0 Å². The average molecular weight is 437 g/mol. The number of piperidine rings is 2. The van der Waals surface area contributed by atoms with Crippen LogP contribution in [0.3, 0.4) is 0 Å². The Morgan fingerprint density at radius 2 is 1.67 bits per heavy atom. The van der Waals surface area contributed by atoms with E-state index in [1.54, 1.807) is 24.0 Å². The Hall–Kier alpha value is -2.13. The van der Waals surface area contributed by atoms with Crippen molar-refractivity contribution < 1.29 is 18.0 Å². The maximum Gasteiger partial charge on any atom is 0.253 e. The molecule has 30 heavy (non-hydrogen) atoms. The van der Waals surface area contributed by atoms with Crippen molar-refractivity contribution in [3.05, 3.63) is 23.8 Å². The number of hydrogen-bond acceptors (Lipinski definition) is 5. The van der Waals surface area contributed by atoms with Crippen molar-refractivity contribution in [1.29, 1.82) is 0 Å². The zero-order valence-electron chi connectivity index (χ0n) is 18.1. The zero-order chi connectivity index (χ0) is 21.9. The summed E-state index contributed by atoms with van der Waals surface area (Å²) in [4.78, 5) is 28.8. The van der Waals surface area contributed by atoms with E-state index in [9.17, 15) is 18.0 Å². The highest BCUT2D eigenvalue weighted by atomic mass is 32.2. The largest absolute Gasteiger partial charge is 0.371 e. The van der Waals surface area contributed by atoms with Crippen LogP contribution in [-0.2, 0) is 14.8 Å². The molecule has 0 radical (unpaired) electrons. The molecule has 0 spiro atoms. The summed E-state index contributed by atoms with van der Waals surface area (Å²) in [6.07, 6.45) is 4.67. The summed E-state index contributed by atoms with van der Waals surface area (Å²) in [6.45, 7) is 4.51. The van der Waals surface area contributed by atoms with E-state index >= 15 is 0 Å². The summed E-state index contributed by atoms with van der Waals surface area (Å²) in [5.41, 5.74) is 1.18. The van der Waals surface area contributed by atoms with Gasteiger partial charge in [0, 0.05) is 58.9 Å². The number of hydrogen-bond donors (Lipinski definition) is 1. The Morgan fingerprint density at radius 3 is 2.23 bits per heavy atom. The molecule has 8 nitrogen and oxygen atoms in total. The molecule has 2 fully saturated rings. The van der Waals surface area contributed by atoms with Gasteiger partial charge in [0.25, 0.3) is 5.91 Å². The summed E-state index contributed by atoms with van der Waals surface area (Å²) in [6, 6.07) is 4.81. The van der Waals surface area contributed by atoms with Gasteiger partial charge < -0.3 is 15.1 Å². The first-order valence-electron chi connectivity index (χ1n) is 10.6. The minimum atomic E-state index is -3.64. The second kappa shape index (κ2) is 9.34. The van der Waals surface area contributed by atoms with Gasteiger partial charge in [-0.2, -0.15) is 0 Å². The molecule has 2 aliphatic rings. The van der Waals surface area contributed by atoms with E-state index in [2.05, 4.69) is 10.2 Å². The lowest BCUT2D eigenvalue weighted by molar-refractivity contribution is -0.129. The summed E-state index contributed by atoms with van der Waals surface area (Å²) in [5, 5.41) is 3.07. The molecular formula is C21H32N4O4S. The van der Waals surface area contributed by atoms with E-state index in [4.69, 9.17) is 0 Å². The molecule has 2 heterocycles. The van der Waals surface area contributed by atoms with E-state index in [1.165, 1.54) is 26.6 Å². The standard InChI is InChI=1S/C21H32N4O4S/c1-16(26)24-13-9-17(10-14-24)22-21(27)19-15-18(30(28,29)23(2)3)7-8-20(19)25-11-5-4-6-12-25/h7-8,15,17H,4-6,9-14H2,1-3H3,(H,22,27). The fourth-order valence-electron chi connectivity index (χ4n) is 4.08.